The fourth-order valence-electron chi connectivity index (χ4n) is 1.97. The third-order valence-corrected chi connectivity index (χ3v) is 2.99. The van der Waals surface area contributed by atoms with Gasteiger partial charge >= 0.3 is 0 Å². The van der Waals surface area contributed by atoms with Crippen LogP contribution in [0.15, 0.2) is 12.3 Å². The average molecular weight is 251 g/mol. The first-order chi connectivity index (χ1) is 8.61. The lowest BCUT2D eigenvalue weighted by Crippen LogP contribution is -2.36. The smallest absolute Gasteiger partial charge is 0.268 e. The Morgan fingerprint density at radius 3 is 3.00 bits per heavy atom. The molecule has 1 fully saturated rings. The van der Waals surface area contributed by atoms with Crippen molar-refractivity contribution in [2.24, 2.45) is 0 Å². The molecule has 0 radical (unpaired) electrons. The number of aromatic nitrogens is 1. The van der Waals surface area contributed by atoms with E-state index in [4.69, 9.17) is 10.5 Å². The summed E-state index contributed by atoms with van der Waals surface area (Å²) >= 11 is 0. The molecule has 3 N–H and O–H groups in total. The molecule has 1 aliphatic carbocycles. The molecule has 18 heavy (non-hydrogen) atoms. The van der Waals surface area contributed by atoms with E-state index in [9.17, 15) is 4.79 Å². The normalized spacial score (nSPS) is 16.6. The third-order valence-electron chi connectivity index (χ3n) is 2.99. The summed E-state index contributed by atoms with van der Waals surface area (Å²) in [6.45, 7) is 5.06. The van der Waals surface area contributed by atoms with E-state index in [2.05, 4.69) is 5.32 Å². The number of nitrogens with one attached hydrogen (secondary N) is 1. The molecule has 5 nitrogen and oxygen atoms in total. The Bertz CT molecular complexity index is 424. The molecular weight excluding hydrogens is 230 g/mol. The Morgan fingerprint density at radius 1 is 1.67 bits per heavy atom. The minimum atomic E-state index is -0.0780. The van der Waals surface area contributed by atoms with Gasteiger partial charge in [-0.2, -0.15) is 0 Å². The highest BCUT2D eigenvalue weighted by molar-refractivity contribution is 5.94. The summed E-state index contributed by atoms with van der Waals surface area (Å²) in [6, 6.07) is 2.19. The maximum Gasteiger partial charge on any atom is 0.268 e. The summed E-state index contributed by atoms with van der Waals surface area (Å²) in [6.07, 6.45) is 4.10. The van der Waals surface area contributed by atoms with Gasteiger partial charge in [0.05, 0.1) is 12.3 Å². The van der Waals surface area contributed by atoms with Gasteiger partial charge in [-0.3, -0.25) is 4.79 Å². The van der Waals surface area contributed by atoms with E-state index in [0.29, 0.717) is 30.6 Å². The van der Waals surface area contributed by atoms with Gasteiger partial charge in [0.2, 0.25) is 0 Å². The van der Waals surface area contributed by atoms with Gasteiger partial charge < -0.3 is 20.4 Å². The van der Waals surface area contributed by atoms with Crippen LogP contribution in [0.1, 0.15) is 43.2 Å². The molecule has 0 bridgehead atoms. The van der Waals surface area contributed by atoms with Crippen molar-refractivity contribution in [3.05, 3.63) is 18.0 Å². The van der Waals surface area contributed by atoms with E-state index in [1.165, 1.54) is 0 Å². The molecule has 2 rings (SSSR count). The van der Waals surface area contributed by atoms with Gasteiger partial charge in [0.15, 0.2) is 0 Å². The zero-order valence-corrected chi connectivity index (χ0v) is 11.0. The first-order valence-electron chi connectivity index (χ1n) is 6.47. The maximum absolute atomic E-state index is 12.1. The van der Waals surface area contributed by atoms with E-state index >= 15 is 0 Å². The predicted octanol–water partition coefficient (Wildman–Crippen LogP) is 1.56. The number of carbonyl (C=O) groups is 1. The molecule has 1 unspecified atom stereocenters. The van der Waals surface area contributed by atoms with Crippen LogP contribution in [-0.2, 0) is 4.74 Å². The van der Waals surface area contributed by atoms with Crippen LogP contribution >= 0.6 is 0 Å². The minimum absolute atomic E-state index is 0.00114. The number of ether oxygens (including phenoxy) is 1. The van der Waals surface area contributed by atoms with Crippen molar-refractivity contribution in [2.75, 3.05) is 18.9 Å². The van der Waals surface area contributed by atoms with Gasteiger partial charge in [-0.25, -0.2) is 0 Å². The number of amides is 1. The Morgan fingerprint density at radius 2 is 2.39 bits per heavy atom. The van der Waals surface area contributed by atoms with Crippen molar-refractivity contribution in [1.82, 2.24) is 9.88 Å². The molecule has 1 aromatic heterocycles. The van der Waals surface area contributed by atoms with Crippen LogP contribution in [0.25, 0.3) is 0 Å². The van der Waals surface area contributed by atoms with Crippen molar-refractivity contribution in [2.45, 2.75) is 38.8 Å². The van der Waals surface area contributed by atoms with Crippen molar-refractivity contribution < 1.29 is 9.53 Å². The summed E-state index contributed by atoms with van der Waals surface area (Å²) in [7, 11) is 0. The number of hydrogen-bond acceptors (Lipinski definition) is 3. The monoisotopic (exact) mass is 251 g/mol. The van der Waals surface area contributed by atoms with E-state index in [1.807, 2.05) is 24.6 Å². The first-order valence-corrected chi connectivity index (χ1v) is 6.47. The van der Waals surface area contributed by atoms with Gasteiger partial charge in [0.1, 0.15) is 5.69 Å². The first kappa shape index (κ1) is 13.0. The molecular formula is C13H21N3O2. The second-order valence-corrected chi connectivity index (χ2v) is 4.83. The van der Waals surface area contributed by atoms with E-state index in [-0.39, 0.29) is 11.9 Å². The SMILES string of the molecule is CCOCC(C)NC(=O)c1cc(N)cn1C1CC1. The summed E-state index contributed by atoms with van der Waals surface area (Å²) < 4.78 is 7.27. The van der Waals surface area contributed by atoms with Crippen LogP contribution in [0, 0.1) is 0 Å². The molecule has 1 atom stereocenters. The Hall–Kier alpha value is -1.49. The number of rotatable bonds is 6. The maximum atomic E-state index is 12.1. The molecule has 1 aliphatic rings. The Labute approximate surface area is 107 Å². The number of nitrogens with zero attached hydrogens (tertiary/aromatic N) is 1. The Balaban J connectivity index is 1.99. The molecule has 100 valence electrons. The summed E-state index contributed by atoms with van der Waals surface area (Å²) in [5, 5.41) is 2.93. The fraction of sp³-hybridized carbons (Fsp3) is 0.615. The zero-order valence-electron chi connectivity index (χ0n) is 11.0. The molecule has 0 saturated heterocycles. The highest BCUT2D eigenvalue weighted by Gasteiger charge is 2.28. The van der Waals surface area contributed by atoms with E-state index < -0.39 is 0 Å². The standard InChI is InChI=1S/C13H21N3O2/c1-3-18-8-9(2)15-13(17)12-6-10(14)7-16(12)11-4-5-11/h6-7,9,11H,3-5,8,14H2,1-2H3,(H,15,17). The van der Waals surface area contributed by atoms with E-state index in [0.717, 1.165) is 12.8 Å². The molecule has 1 heterocycles. The third kappa shape index (κ3) is 3.04. The van der Waals surface area contributed by atoms with Crippen molar-refractivity contribution in [1.29, 1.82) is 0 Å². The molecule has 1 aromatic rings. The van der Waals surface area contributed by atoms with Crippen molar-refractivity contribution in [3.63, 3.8) is 0 Å². The predicted molar refractivity (Wildman–Crippen MR) is 70.5 cm³/mol. The lowest BCUT2D eigenvalue weighted by atomic mass is 10.3. The van der Waals surface area contributed by atoms with E-state index in [1.54, 1.807) is 6.07 Å². The average Bonchev–Trinajstić information content (AvgIpc) is 3.09. The van der Waals surface area contributed by atoms with Gasteiger partial charge in [-0.05, 0) is 32.8 Å². The summed E-state index contributed by atoms with van der Waals surface area (Å²) in [5.74, 6) is -0.0780. The van der Waals surface area contributed by atoms with Crippen LogP contribution in [0.2, 0.25) is 0 Å². The highest BCUT2D eigenvalue weighted by atomic mass is 16.5. The lowest BCUT2D eigenvalue weighted by molar-refractivity contribution is 0.0863. The quantitative estimate of drug-likeness (QED) is 0.806. The molecule has 0 aromatic carbocycles. The molecule has 0 aliphatic heterocycles. The summed E-state index contributed by atoms with van der Waals surface area (Å²) in [4.78, 5) is 12.1. The van der Waals surface area contributed by atoms with Gasteiger partial charge in [0, 0.05) is 24.9 Å². The zero-order chi connectivity index (χ0) is 13.1. The molecule has 5 heteroatoms. The highest BCUT2D eigenvalue weighted by Crippen LogP contribution is 2.37. The van der Waals surface area contributed by atoms with Crippen LogP contribution in [0.3, 0.4) is 0 Å². The lowest BCUT2D eigenvalue weighted by Gasteiger charge is -2.14. The van der Waals surface area contributed by atoms with Crippen LogP contribution in [-0.4, -0.2) is 29.7 Å². The number of anilines is 1. The second-order valence-electron chi connectivity index (χ2n) is 4.83. The number of hydrogen-bond donors (Lipinski definition) is 2. The van der Waals surface area contributed by atoms with Crippen LogP contribution in [0.4, 0.5) is 5.69 Å². The second kappa shape index (κ2) is 5.44. The fourth-order valence-corrected chi connectivity index (χ4v) is 1.97. The molecule has 0 spiro atoms. The number of nitrogen functional groups attached to an aromatic ring is 1. The van der Waals surface area contributed by atoms with Gasteiger partial charge in [-0.15, -0.1) is 0 Å². The molecule has 1 saturated carbocycles. The van der Waals surface area contributed by atoms with Crippen molar-refractivity contribution >= 4 is 11.6 Å². The van der Waals surface area contributed by atoms with Crippen LogP contribution in [0.5, 0.6) is 0 Å². The van der Waals surface area contributed by atoms with Gasteiger partial charge in [-0.1, -0.05) is 0 Å². The Kier molecular flexibility index (Phi) is 3.91. The van der Waals surface area contributed by atoms with Crippen molar-refractivity contribution in [3.8, 4) is 0 Å². The van der Waals surface area contributed by atoms with Gasteiger partial charge in [0.25, 0.3) is 5.91 Å². The molecule has 1 amide bonds. The topological polar surface area (TPSA) is 69.3 Å². The minimum Gasteiger partial charge on any atom is -0.397 e. The number of carbonyl (C=O) groups excluding carboxylic acids is 1. The largest absolute Gasteiger partial charge is 0.397 e. The van der Waals surface area contributed by atoms with Crippen LogP contribution < -0.4 is 11.1 Å². The summed E-state index contributed by atoms with van der Waals surface area (Å²) in [5.41, 5.74) is 7.06. The number of nitrogens with two attached hydrogens (primary N) is 1.